The average molecular weight is 443 g/mol. The van der Waals surface area contributed by atoms with Crippen LogP contribution in [-0.4, -0.2) is 23.2 Å². The molecule has 1 aliphatic heterocycles. The standard InChI is InChI=1S/C26H22FN3O3/c1-32-22-13-17(11-12-21(22)33-15-18-9-5-6-10-20(18)27)19-14-23(31)28-26-24(19)25(29-30-26)16-7-3-2-4-8-16/h2-13,19H,14-15H2,1H3,(H2,28,29,30,31)/t19-/m1/s1. The SMILES string of the molecule is COc1cc([C@H]2CC(=O)Nc3n[nH]c(-c4ccccc4)c32)ccc1OCc1ccccc1F. The van der Waals surface area contributed by atoms with Crippen molar-refractivity contribution in [3.05, 3.63) is 95.3 Å². The topological polar surface area (TPSA) is 76.2 Å². The number of ether oxygens (including phenoxy) is 2. The zero-order chi connectivity index (χ0) is 22.8. The highest BCUT2D eigenvalue weighted by molar-refractivity contribution is 5.96. The number of benzene rings is 3. The van der Waals surface area contributed by atoms with E-state index in [1.54, 1.807) is 31.4 Å². The number of halogens is 1. The molecule has 33 heavy (non-hydrogen) atoms. The first-order valence-corrected chi connectivity index (χ1v) is 10.6. The first-order chi connectivity index (χ1) is 16.1. The lowest BCUT2D eigenvalue weighted by Crippen LogP contribution is -2.23. The van der Waals surface area contributed by atoms with Gasteiger partial charge >= 0.3 is 0 Å². The minimum atomic E-state index is -0.317. The number of fused-ring (bicyclic) bond motifs is 1. The normalized spacial score (nSPS) is 15.0. The number of rotatable bonds is 6. The summed E-state index contributed by atoms with van der Waals surface area (Å²) in [6.07, 6.45) is 0.283. The maximum Gasteiger partial charge on any atom is 0.226 e. The van der Waals surface area contributed by atoms with Crippen LogP contribution in [0.5, 0.6) is 11.5 Å². The summed E-state index contributed by atoms with van der Waals surface area (Å²) in [7, 11) is 1.56. The van der Waals surface area contributed by atoms with Crippen molar-refractivity contribution >= 4 is 11.7 Å². The van der Waals surface area contributed by atoms with E-state index in [9.17, 15) is 9.18 Å². The number of aromatic amines is 1. The molecule has 0 bridgehead atoms. The zero-order valence-electron chi connectivity index (χ0n) is 18.0. The smallest absolute Gasteiger partial charge is 0.226 e. The van der Waals surface area contributed by atoms with Crippen LogP contribution >= 0.6 is 0 Å². The molecule has 0 saturated heterocycles. The summed E-state index contributed by atoms with van der Waals surface area (Å²) >= 11 is 0. The third kappa shape index (κ3) is 4.05. The van der Waals surface area contributed by atoms with Crippen molar-refractivity contribution in [2.24, 2.45) is 0 Å². The van der Waals surface area contributed by atoms with Gasteiger partial charge in [0.1, 0.15) is 12.4 Å². The second-order valence-corrected chi connectivity index (χ2v) is 7.82. The van der Waals surface area contributed by atoms with E-state index in [0.29, 0.717) is 22.9 Å². The number of H-pyrrole nitrogens is 1. The molecule has 166 valence electrons. The second-order valence-electron chi connectivity index (χ2n) is 7.82. The van der Waals surface area contributed by atoms with E-state index < -0.39 is 0 Å². The zero-order valence-corrected chi connectivity index (χ0v) is 18.0. The van der Waals surface area contributed by atoms with Crippen molar-refractivity contribution in [3.8, 4) is 22.8 Å². The summed E-state index contributed by atoms with van der Waals surface area (Å²) in [6.45, 7) is 0.0816. The number of nitrogens with zero attached hydrogens (tertiary/aromatic N) is 1. The molecule has 4 aromatic rings. The summed E-state index contributed by atoms with van der Waals surface area (Å²) in [5.41, 5.74) is 4.16. The number of carbonyl (C=O) groups excluding carboxylic acids is 1. The molecule has 0 radical (unpaired) electrons. The number of carbonyl (C=O) groups is 1. The summed E-state index contributed by atoms with van der Waals surface area (Å²) in [5.74, 6) is 0.924. The van der Waals surface area contributed by atoms with Gasteiger partial charge in [-0.2, -0.15) is 5.10 Å². The lowest BCUT2D eigenvalue weighted by atomic mass is 9.84. The van der Waals surface area contributed by atoms with E-state index in [0.717, 1.165) is 22.4 Å². The van der Waals surface area contributed by atoms with E-state index in [1.807, 2.05) is 42.5 Å². The molecule has 0 unspecified atom stereocenters. The van der Waals surface area contributed by atoms with Gasteiger partial charge < -0.3 is 14.8 Å². The van der Waals surface area contributed by atoms with Crippen LogP contribution in [0.15, 0.2) is 72.8 Å². The molecule has 2 N–H and O–H groups in total. The Morgan fingerprint density at radius 2 is 1.82 bits per heavy atom. The van der Waals surface area contributed by atoms with Gasteiger partial charge in [-0.25, -0.2) is 4.39 Å². The molecule has 6 nitrogen and oxygen atoms in total. The monoisotopic (exact) mass is 443 g/mol. The average Bonchev–Trinajstić information content (AvgIpc) is 3.27. The highest BCUT2D eigenvalue weighted by atomic mass is 19.1. The van der Waals surface area contributed by atoms with Gasteiger partial charge in [0.15, 0.2) is 17.3 Å². The van der Waals surface area contributed by atoms with Crippen LogP contribution in [-0.2, 0) is 11.4 Å². The molecule has 0 spiro atoms. The Hall–Kier alpha value is -4.13. The number of aromatic nitrogens is 2. The number of hydrogen-bond donors (Lipinski definition) is 2. The quantitative estimate of drug-likeness (QED) is 0.425. The molecule has 1 amide bonds. The van der Waals surface area contributed by atoms with Crippen molar-refractivity contribution in [2.45, 2.75) is 18.9 Å². The molecular formula is C26H22FN3O3. The van der Waals surface area contributed by atoms with E-state index in [4.69, 9.17) is 9.47 Å². The van der Waals surface area contributed by atoms with Crippen LogP contribution in [0.2, 0.25) is 0 Å². The summed E-state index contributed by atoms with van der Waals surface area (Å²) in [6, 6.07) is 21.9. The number of anilines is 1. The molecule has 1 aliphatic rings. The van der Waals surface area contributed by atoms with Gasteiger partial charge in [0, 0.05) is 23.5 Å². The minimum Gasteiger partial charge on any atom is -0.493 e. The van der Waals surface area contributed by atoms with Crippen LogP contribution in [0.1, 0.15) is 29.0 Å². The number of amides is 1. The van der Waals surface area contributed by atoms with Crippen molar-refractivity contribution < 1.29 is 18.7 Å². The summed E-state index contributed by atoms with van der Waals surface area (Å²) in [5, 5.41) is 10.3. The maximum atomic E-state index is 13.9. The van der Waals surface area contributed by atoms with Crippen LogP contribution in [0.4, 0.5) is 10.2 Å². The van der Waals surface area contributed by atoms with Gasteiger partial charge in [0.05, 0.1) is 12.8 Å². The van der Waals surface area contributed by atoms with Gasteiger partial charge in [-0.05, 0) is 29.3 Å². The van der Waals surface area contributed by atoms with Gasteiger partial charge in [-0.15, -0.1) is 0 Å². The van der Waals surface area contributed by atoms with Crippen LogP contribution in [0.25, 0.3) is 11.3 Å². The lowest BCUT2D eigenvalue weighted by Gasteiger charge is -2.24. The van der Waals surface area contributed by atoms with Crippen LogP contribution < -0.4 is 14.8 Å². The highest BCUT2D eigenvalue weighted by Crippen LogP contribution is 2.43. The molecule has 0 fully saturated rings. The maximum absolute atomic E-state index is 13.9. The molecule has 7 heteroatoms. The Bertz CT molecular complexity index is 1300. The predicted octanol–water partition coefficient (Wildman–Crippen LogP) is 5.28. The molecule has 1 atom stereocenters. The predicted molar refractivity (Wildman–Crippen MR) is 123 cm³/mol. The lowest BCUT2D eigenvalue weighted by molar-refractivity contribution is -0.116. The first-order valence-electron chi connectivity index (χ1n) is 10.6. The van der Waals surface area contributed by atoms with Crippen LogP contribution in [0.3, 0.4) is 0 Å². The van der Waals surface area contributed by atoms with Gasteiger partial charge in [-0.1, -0.05) is 54.6 Å². The third-order valence-corrected chi connectivity index (χ3v) is 5.79. The third-order valence-electron chi connectivity index (χ3n) is 5.79. The number of nitrogens with one attached hydrogen (secondary N) is 2. The van der Waals surface area contributed by atoms with Crippen molar-refractivity contribution in [2.75, 3.05) is 12.4 Å². The fourth-order valence-electron chi connectivity index (χ4n) is 4.16. The van der Waals surface area contributed by atoms with Crippen molar-refractivity contribution in [3.63, 3.8) is 0 Å². The Balaban J connectivity index is 1.48. The Morgan fingerprint density at radius 3 is 2.61 bits per heavy atom. The van der Waals surface area contributed by atoms with Gasteiger partial charge in [0.25, 0.3) is 0 Å². The number of hydrogen-bond acceptors (Lipinski definition) is 4. The minimum absolute atomic E-state index is 0.0816. The van der Waals surface area contributed by atoms with E-state index in [1.165, 1.54) is 6.07 Å². The molecule has 2 heterocycles. The Kier molecular flexibility index (Phi) is 5.52. The van der Waals surface area contributed by atoms with Gasteiger partial charge in [0.2, 0.25) is 5.91 Å². The van der Waals surface area contributed by atoms with Crippen molar-refractivity contribution in [1.82, 2.24) is 10.2 Å². The van der Waals surface area contributed by atoms with E-state index in [2.05, 4.69) is 15.5 Å². The molecule has 3 aromatic carbocycles. The van der Waals surface area contributed by atoms with E-state index in [-0.39, 0.29) is 30.7 Å². The van der Waals surface area contributed by atoms with Crippen LogP contribution in [0, 0.1) is 5.82 Å². The first kappa shape index (κ1) is 20.8. The molecule has 1 aromatic heterocycles. The summed E-state index contributed by atoms with van der Waals surface area (Å²) < 4.78 is 25.4. The fraction of sp³-hybridized carbons (Fsp3) is 0.154. The Morgan fingerprint density at radius 1 is 1.03 bits per heavy atom. The van der Waals surface area contributed by atoms with E-state index >= 15 is 0 Å². The fourth-order valence-corrected chi connectivity index (χ4v) is 4.16. The molecule has 0 aliphatic carbocycles. The molecule has 5 rings (SSSR count). The molecular weight excluding hydrogens is 421 g/mol. The molecule has 0 saturated carbocycles. The second kappa shape index (κ2) is 8.78. The number of methoxy groups -OCH3 is 1. The largest absolute Gasteiger partial charge is 0.493 e. The van der Waals surface area contributed by atoms with Gasteiger partial charge in [-0.3, -0.25) is 9.89 Å². The Labute approximate surface area is 190 Å². The van der Waals surface area contributed by atoms with Crippen molar-refractivity contribution in [1.29, 1.82) is 0 Å². The summed E-state index contributed by atoms with van der Waals surface area (Å²) in [4.78, 5) is 12.4. The highest BCUT2D eigenvalue weighted by Gasteiger charge is 2.32.